The number of hydrogen-bond donors (Lipinski definition) is 1. The molecule has 0 aliphatic heterocycles. The normalized spacial score (nSPS) is 15.7. The zero-order chi connectivity index (χ0) is 21.9. The van der Waals surface area contributed by atoms with E-state index in [0.717, 1.165) is 36.6 Å². The van der Waals surface area contributed by atoms with E-state index >= 15 is 0 Å². The second kappa shape index (κ2) is 9.21. The minimum atomic E-state index is -3.62. The zero-order valence-electron chi connectivity index (χ0n) is 18.3. The number of carbonyl (C=O) groups is 1. The summed E-state index contributed by atoms with van der Waals surface area (Å²) in [7, 11) is -3.62. The van der Waals surface area contributed by atoms with Crippen molar-refractivity contribution in [3.05, 3.63) is 64.7 Å². The first-order valence-corrected chi connectivity index (χ1v) is 12.5. The molecule has 162 valence electrons. The fourth-order valence-corrected chi connectivity index (χ4v) is 5.36. The highest BCUT2D eigenvalue weighted by atomic mass is 32.2. The van der Waals surface area contributed by atoms with Crippen LogP contribution in [0.4, 0.5) is 5.69 Å². The van der Waals surface area contributed by atoms with Crippen molar-refractivity contribution in [3.63, 3.8) is 0 Å². The highest BCUT2D eigenvalue weighted by Gasteiger charge is 2.30. The van der Waals surface area contributed by atoms with Gasteiger partial charge in [-0.05, 0) is 74.8 Å². The maximum Gasteiger partial charge on any atom is 0.244 e. The second-order valence-electron chi connectivity index (χ2n) is 8.28. The molecule has 0 radical (unpaired) electrons. The molecule has 0 fully saturated rings. The highest BCUT2D eigenvalue weighted by Crippen LogP contribution is 2.27. The third kappa shape index (κ3) is 5.04. The van der Waals surface area contributed by atoms with Crippen molar-refractivity contribution in [2.24, 2.45) is 0 Å². The van der Waals surface area contributed by atoms with Crippen LogP contribution in [0.2, 0.25) is 0 Å². The number of sulfonamides is 1. The molecule has 1 amide bonds. The highest BCUT2D eigenvalue weighted by molar-refractivity contribution is 7.92. The van der Waals surface area contributed by atoms with Crippen LogP contribution < -0.4 is 9.62 Å². The Hall–Kier alpha value is -2.34. The van der Waals surface area contributed by atoms with Gasteiger partial charge in [0.2, 0.25) is 15.9 Å². The standard InChI is InChI=1S/C24H32N2O3S/c1-5-23(21-13-12-19-8-6-7-9-20(19)16-21)25-24(27)18(3)26(30(4,28)29)22-14-10-17(2)11-15-22/h10-16,18,23H,5-9H2,1-4H3,(H,25,27). The third-order valence-corrected chi connectivity index (χ3v) is 7.12. The Kier molecular flexibility index (Phi) is 6.86. The van der Waals surface area contributed by atoms with E-state index in [-0.39, 0.29) is 11.9 Å². The molecule has 0 heterocycles. The number of amides is 1. The Bertz CT molecular complexity index is 1000. The topological polar surface area (TPSA) is 66.5 Å². The Morgan fingerprint density at radius 3 is 2.30 bits per heavy atom. The van der Waals surface area contributed by atoms with Gasteiger partial charge in [0, 0.05) is 0 Å². The number of aryl methyl sites for hydroxylation is 3. The molecule has 0 aromatic heterocycles. The predicted molar refractivity (Wildman–Crippen MR) is 122 cm³/mol. The van der Waals surface area contributed by atoms with Crippen LogP contribution in [0.25, 0.3) is 0 Å². The van der Waals surface area contributed by atoms with Crippen LogP contribution in [0.15, 0.2) is 42.5 Å². The molecule has 0 saturated carbocycles. The average molecular weight is 429 g/mol. The molecule has 1 N–H and O–H groups in total. The van der Waals surface area contributed by atoms with E-state index in [9.17, 15) is 13.2 Å². The van der Waals surface area contributed by atoms with Crippen molar-refractivity contribution in [3.8, 4) is 0 Å². The Morgan fingerprint density at radius 1 is 1.07 bits per heavy atom. The molecule has 5 nitrogen and oxygen atoms in total. The van der Waals surface area contributed by atoms with Crippen LogP contribution in [-0.2, 0) is 27.7 Å². The molecule has 2 unspecified atom stereocenters. The molecule has 3 rings (SSSR count). The van der Waals surface area contributed by atoms with Crippen molar-refractivity contribution < 1.29 is 13.2 Å². The van der Waals surface area contributed by atoms with Crippen LogP contribution in [0.5, 0.6) is 0 Å². The SMILES string of the molecule is CCC(NC(=O)C(C)N(c1ccc(C)cc1)S(C)(=O)=O)c1ccc2c(c1)CCCC2. The van der Waals surface area contributed by atoms with Gasteiger partial charge in [-0.3, -0.25) is 9.10 Å². The fourth-order valence-electron chi connectivity index (χ4n) is 4.18. The first kappa shape index (κ1) is 22.3. The summed E-state index contributed by atoms with van der Waals surface area (Å²) in [6, 6.07) is 12.7. The Labute approximate surface area is 180 Å². The number of rotatable bonds is 7. The maximum absolute atomic E-state index is 13.1. The van der Waals surface area contributed by atoms with Gasteiger partial charge in [-0.25, -0.2) is 8.42 Å². The fraction of sp³-hybridized carbons (Fsp3) is 0.458. The van der Waals surface area contributed by atoms with Crippen LogP contribution in [0.3, 0.4) is 0 Å². The summed E-state index contributed by atoms with van der Waals surface area (Å²) in [6.07, 6.45) is 6.52. The molecule has 2 aromatic carbocycles. The first-order valence-electron chi connectivity index (χ1n) is 10.7. The number of hydrogen-bond acceptors (Lipinski definition) is 3. The lowest BCUT2D eigenvalue weighted by atomic mass is 9.88. The molecular weight excluding hydrogens is 396 g/mol. The molecule has 1 aliphatic carbocycles. The summed E-state index contributed by atoms with van der Waals surface area (Å²) in [6.45, 7) is 5.61. The van der Waals surface area contributed by atoms with E-state index in [1.54, 1.807) is 19.1 Å². The number of anilines is 1. The average Bonchev–Trinajstić information content (AvgIpc) is 2.72. The predicted octanol–water partition coefficient (Wildman–Crippen LogP) is 4.30. The lowest BCUT2D eigenvalue weighted by Crippen LogP contribution is -2.48. The van der Waals surface area contributed by atoms with Crippen molar-refractivity contribution in [2.45, 2.75) is 65.0 Å². The summed E-state index contributed by atoms with van der Waals surface area (Å²) in [4.78, 5) is 13.1. The van der Waals surface area contributed by atoms with E-state index in [4.69, 9.17) is 0 Å². The quantitative estimate of drug-likeness (QED) is 0.715. The third-order valence-electron chi connectivity index (χ3n) is 5.88. The Morgan fingerprint density at radius 2 is 1.70 bits per heavy atom. The Balaban J connectivity index is 1.82. The number of nitrogens with one attached hydrogen (secondary N) is 1. The molecule has 2 aromatic rings. The van der Waals surface area contributed by atoms with Gasteiger partial charge in [-0.1, -0.05) is 42.8 Å². The van der Waals surface area contributed by atoms with Gasteiger partial charge in [0.15, 0.2) is 0 Å². The van der Waals surface area contributed by atoms with Crippen molar-refractivity contribution >= 4 is 21.6 Å². The number of fused-ring (bicyclic) bond motifs is 1. The van der Waals surface area contributed by atoms with E-state index < -0.39 is 16.1 Å². The molecule has 2 atom stereocenters. The number of carbonyl (C=O) groups excluding carboxylic acids is 1. The summed E-state index contributed by atoms with van der Waals surface area (Å²) in [5.41, 5.74) is 5.38. The van der Waals surface area contributed by atoms with E-state index in [1.807, 2.05) is 26.0 Å². The lowest BCUT2D eigenvalue weighted by molar-refractivity contribution is -0.122. The van der Waals surface area contributed by atoms with E-state index in [1.165, 1.54) is 28.3 Å². The molecule has 0 saturated heterocycles. The van der Waals surface area contributed by atoms with Crippen molar-refractivity contribution in [1.82, 2.24) is 5.32 Å². The minimum absolute atomic E-state index is 0.147. The van der Waals surface area contributed by atoms with E-state index in [0.29, 0.717) is 5.69 Å². The number of nitrogens with zero attached hydrogens (tertiary/aromatic N) is 1. The molecule has 0 bridgehead atoms. The van der Waals surface area contributed by atoms with Gasteiger partial charge in [0.25, 0.3) is 0 Å². The lowest BCUT2D eigenvalue weighted by Gasteiger charge is -2.30. The number of benzene rings is 2. The van der Waals surface area contributed by atoms with Crippen LogP contribution in [0.1, 0.15) is 61.4 Å². The van der Waals surface area contributed by atoms with Crippen molar-refractivity contribution in [2.75, 3.05) is 10.6 Å². The molecule has 0 spiro atoms. The first-order chi connectivity index (χ1) is 14.2. The molecule has 1 aliphatic rings. The van der Waals surface area contributed by atoms with Gasteiger partial charge in [-0.2, -0.15) is 0 Å². The minimum Gasteiger partial charge on any atom is -0.347 e. The van der Waals surface area contributed by atoms with Gasteiger partial charge in [0.1, 0.15) is 6.04 Å². The van der Waals surface area contributed by atoms with Gasteiger partial charge >= 0.3 is 0 Å². The second-order valence-corrected chi connectivity index (χ2v) is 10.1. The summed E-state index contributed by atoms with van der Waals surface area (Å²) in [5, 5.41) is 3.08. The molecule has 30 heavy (non-hydrogen) atoms. The van der Waals surface area contributed by atoms with E-state index in [2.05, 4.69) is 23.5 Å². The van der Waals surface area contributed by atoms with Crippen molar-refractivity contribution in [1.29, 1.82) is 0 Å². The van der Waals surface area contributed by atoms with Gasteiger partial charge in [-0.15, -0.1) is 0 Å². The molecule has 6 heteroatoms. The summed E-state index contributed by atoms with van der Waals surface area (Å²) < 4.78 is 26.2. The summed E-state index contributed by atoms with van der Waals surface area (Å²) in [5.74, 6) is -0.300. The monoisotopic (exact) mass is 428 g/mol. The van der Waals surface area contributed by atoms with Gasteiger partial charge < -0.3 is 5.32 Å². The van der Waals surface area contributed by atoms with Crippen LogP contribution in [0, 0.1) is 6.92 Å². The van der Waals surface area contributed by atoms with Crippen LogP contribution >= 0.6 is 0 Å². The summed E-state index contributed by atoms with van der Waals surface area (Å²) >= 11 is 0. The van der Waals surface area contributed by atoms with Gasteiger partial charge in [0.05, 0.1) is 18.0 Å². The largest absolute Gasteiger partial charge is 0.347 e. The smallest absolute Gasteiger partial charge is 0.244 e. The maximum atomic E-state index is 13.1. The zero-order valence-corrected chi connectivity index (χ0v) is 19.1. The molecular formula is C24H32N2O3S. The van der Waals surface area contributed by atoms with Crippen LogP contribution in [-0.4, -0.2) is 26.6 Å².